The highest BCUT2D eigenvalue weighted by molar-refractivity contribution is 7.89. The summed E-state index contributed by atoms with van der Waals surface area (Å²) in [6, 6.07) is 18.3. The fourth-order valence-corrected chi connectivity index (χ4v) is 11.8. The van der Waals surface area contributed by atoms with E-state index in [1.807, 2.05) is 30.5 Å². The van der Waals surface area contributed by atoms with Crippen LogP contribution in [0.1, 0.15) is 116 Å². The number of H-pyrrole nitrogens is 1. The zero-order chi connectivity index (χ0) is 53.0. The Kier molecular flexibility index (Phi) is 18.9. The minimum atomic E-state index is -3.73. The third kappa shape index (κ3) is 14.9. The van der Waals surface area contributed by atoms with Crippen LogP contribution in [0.15, 0.2) is 85.3 Å². The molecule has 17 nitrogen and oxygen atoms in total. The predicted octanol–water partition coefficient (Wildman–Crippen LogP) is 6.13. The molecule has 1 unspecified atom stereocenters. The van der Waals surface area contributed by atoms with Crippen molar-refractivity contribution < 1.29 is 36.4 Å². The smallest absolute Gasteiger partial charge is 0.251 e. The van der Waals surface area contributed by atoms with Gasteiger partial charge in [-0.05, 0) is 111 Å². The number of carbonyl (C=O) groups is 4. The molecule has 402 valence electrons. The normalized spacial score (nSPS) is 18.1. The number of hydrogen-bond donors (Lipinski definition) is 7. The summed E-state index contributed by atoms with van der Waals surface area (Å²) >= 11 is 6.19. The maximum atomic E-state index is 14.1. The number of benzene rings is 3. The first kappa shape index (κ1) is 55.2. The second kappa shape index (κ2) is 25.7. The number of unbranched alkanes of at least 4 members (excludes halogenated alkanes) is 1. The van der Waals surface area contributed by atoms with Gasteiger partial charge in [-0.2, -0.15) is 0 Å². The molecule has 21 heteroatoms. The van der Waals surface area contributed by atoms with Crippen molar-refractivity contribution in [3.05, 3.63) is 124 Å². The second-order valence-electron chi connectivity index (χ2n) is 20.2. The zero-order valence-corrected chi connectivity index (χ0v) is 43.7. The van der Waals surface area contributed by atoms with Gasteiger partial charge in [-0.25, -0.2) is 31.9 Å². The summed E-state index contributed by atoms with van der Waals surface area (Å²) in [4.78, 5) is 70.5. The summed E-state index contributed by atoms with van der Waals surface area (Å²) in [7, 11) is -3.73. The lowest BCUT2D eigenvalue weighted by Crippen LogP contribution is -2.60. The average molecular weight is 1070 g/mol. The van der Waals surface area contributed by atoms with Crippen molar-refractivity contribution in [2.75, 3.05) is 56.5 Å². The minimum Gasteiger partial charge on any atom is -0.356 e. The van der Waals surface area contributed by atoms with E-state index in [0.717, 1.165) is 79.0 Å². The van der Waals surface area contributed by atoms with Crippen molar-refractivity contribution in [1.29, 1.82) is 0 Å². The van der Waals surface area contributed by atoms with Gasteiger partial charge in [0.1, 0.15) is 35.5 Å². The molecular formula is C54H68ClF2N11O6S. The van der Waals surface area contributed by atoms with Gasteiger partial charge in [-0.3, -0.25) is 19.2 Å². The van der Waals surface area contributed by atoms with Crippen molar-refractivity contribution in [2.24, 2.45) is 11.7 Å². The summed E-state index contributed by atoms with van der Waals surface area (Å²) in [5.41, 5.74) is 8.68. The molecule has 4 amide bonds. The number of fused-ring (bicyclic) bond motifs is 1. The maximum absolute atomic E-state index is 14.1. The summed E-state index contributed by atoms with van der Waals surface area (Å²) in [6.07, 6.45) is 11.1. The van der Waals surface area contributed by atoms with Crippen molar-refractivity contribution >= 4 is 62.1 Å². The topological polar surface area (TPSA) is 237 Å². The molecule has 0 spiro atoms. The summed E-state index contributed by atoms with van der Waals surface area (Å²) in [5.74, 6) is -1.96. The molecule has 5 aromatic rings. The molecule has 2 aromatic heterocycles. The standard InChI is InChI=1S/C54H68ClF2N11O6S/c55-42-16-13-36(14-17-42)46(65-53(72)54(58)21-27-67(28-22-54)50-44-19-24-60-49(44)62-35-63-50)20-25-64-75(73,74)29-5-4-23-61-52(71)48(37-8-2-1-3-9-37)66-51(70)39-11-6-10-38(30-39)41-12-7-26-68(34-41)47(69)33-59-32-40-15-18-43(56)31-45(40)57/h6,10-11,13-19,24,30-31,35,37,41,46,48,59,64H,1-5,7-9,12,20-23,25-29,32-34,58H2,(H,61,71)(H,65,72)(H,66,70)(H,60,62,63)/t41?,46-,48+/m0/s1. The lowest BCUT2D eigenvalue weighted by molar-refractivity contribution is -0.131. The quantitative estimate of drug-likeness (QED) is 0.0390. The van der Waals surface area contributed by atoms with E-state index < -0.39 is 39.3 Å². The molecule has 4 heterocycles. The van der Waals surface area contributed by atoms with Gasteiger partial charge in [-0.1, -0.05) is 61.2 Å². The zero-order valence-electron chi connectivity index (χ0n) is 42.1. The number of sulfonamides is 1. The Hall–Kier alpha value is -6.06. The van der Waals surface area contributed by atoms with E-state index in [-0.39, 0.29) is 85.8 Å². The predicted molar refractivity (Wildman–Crippen MR) is 284 cm³/mol. The monoisotopic (exact) mass is 1070 g/mol. The molecular weight excluding hydrogens is 1000 g/mol. The molecule has 1 saturated carbocycles. The molecule has 3 aromatic carbocycles. The van der Waals surface area contributed by atoms with Crippen LogP contribution in [0.2, 0.25) is 5.02 Å². The molecule has 0 radical (unpaired) electrons. The molecule has 0 bridgehead atoms. The summed E-state index contributed by atoms with van der Waals surface area (Å²) in [6.45, 7) is 2.38. The highest BCUT2D eigenvalue weighted by Crippen LogP contribution is 2.31. The van der Waals surface area contributed by atoms with Crippen molar-refractivity contribution in [1.82, 2.24) is 45.8 Å². The molecule has 3 atom stereocenters. The number of carbonyl (C=O) groups excluding carboxylic acids is 4. The fourth-order valence-electron chi connectivity index (χ4n) is 10.5. The summed E-state index contributed by atoms with van der Waals surface area (Å²) in [5, 5.41) is 13.5. The first-order valence-electron chi connectivity index (χ1n) is 26.1. The largest absolute Gasteiger partial charge is 0.356 e. The van der Waals surface area contributed by atoms with Gasteiger partial charge in [0.25, 0.3) is 5.91 Å². The van der Waals surface area contributed by atoms with Crippen LogP contribution in [-0.2, 0) is 31.0 Å². The SMILES string of the molecule is NC1(C(=O)N[C@@H](CCNS(=O)(=O)CCCCNC(=O)[C@H](NC(=O)c2cccc(C3CCCN(C(=O)CNCc4ccc(F)cc4F)C3)c2)C2CCCCC2)c2ccc(Cl)cc2)CCN(c2ncnc3[nH]ccc23)CC1. The third-order valence-electron chi connectivity index (χ3n) is 14.9. The van der Waals surface area contributed by atoms with Gasteiger partial charge in [0, 0.05) is 80.1 Å². The average Bonchev–Trinajstić information content (AvgIpc) is 3.91. The summed E-state index contributed by atoms with van der Waals surface area (Å²) < 4.78 is 56.6. The number of aromatic amines is 1. The number of nitrogens with zero attached hydrogens (tertiary/aromatic N) is 4. The van der Waals surface area contributed by atoms with E-state index >= 15 is 0 Å². The number of piperidine rings is 2. The highest BCUT2D eigenvalue weighted by atomic mass is 35.5. The number of halogens is 3. The number of amides is 4. The van der Waals surface area contributed by atoms with E-state index in [1.54, 1.807) is 35.2 Å². The van der Waals surface area contributed by atoms with Crippen molar-refractivity contribution in [3.63, 3.8) is 0 Å². The van der Waals surface area contributed by atoms with Crippen molar-refractivity contribution in [3.8, 4) is 0 Å². The van der Waals surface area contributed by atoms with Crippen LogP contribution in [0.5, 0.6) is 0 Å². The molecule has 2 saturated heterocycles. The maximum Gasteiger partial charge on any atom is 0.251 e. The van der Waals surface area contributed by atoms with Crippen LogP contribution in [-0.4, -0.2) is 115 Å². The Morgan fingerprint density at radius 2 is 1.67 bits per heavy atom. The molecule has 3 aliphatic rings. The first-order chi connectivity index (χ1) is 36.1. The van der Waals surface area contributed by atoms with E-state index in [9.17, 15) is 36.4 Å². The molecule has 75 heavy (non-hydrogen) atoms. The number of rotatable bonds is 22. The second-order valence-corrected chi connectivity index (χ2v) is 22.5. The van der Waals surface area contributed by atoms with E-state index in [2.05, 4.69) is 45.8 Å². The van der Waals surface area contributed by atoms with Crippen LogP contribution in [0.25, 0.3) is 11.0 Å². The minimum absolute atomic E-state index is 0.00750. The number of aromatic nitrogens is 3. The van der Waals surface area contributed by atoms with Crippen LogP contribution in [0.3, 0.4) is 0 Å². The van der Waals surface area contributed by atoms with E-state index in [4.69, 9.17) is 17.3 Å². The fraction of sp³-hybridized carbons (Fsp3) is 0.481. The number of anilines is 1. The van der Waals surface area contributed by atoms with Gasteiger partial charge < -0.3 is 41.8 Å². The first-order valence-corrected chi connectivity index (χ1v) is 28.1. The molecule has 1 aliphatic carbocycles. The third-order valence-corrected chi connectivity index (χ3v) is 16.6. The Morgan fingerprint density at radius 1 is 0.880 bits per heavy atom. The Balaban J connectivity index is 0.787. The van der Waals surface area contributed by atoms with E-state index in [1.165, 1.54) is 18.5 Å². The number of likely N-dealkylation sites (tertiary alicyclic amines) is 1. The molecule has 3 fully saturated rings. The number of nitrogens with two attached hydrogens (primary N) is 1. The van der Waals surface area contributed by atoms with Crippen molar-refractivity contribution in [2.45, 2.75) is 107 Å². The van der Waals surface area contributed by atoms with Crippen LogP contribution in [0, 0.1) is 17.6 Å². The number of hydrogen-bond acceptors (Lipinski definition) is 11. The van der Waals surface area contributed by atoms with Gasteiger partial charge in [0.05, 0.1) is 29.3 Å². The van der Waals surface area contributed by atoms with Gasteiger partial charge in [-0.15, -0.1) is 0 Å². The Morgan fingerprint density at radius 3 is 2.44 bits per heavy atom. The van der Waals surface area contributed by atoms with Gasteiger partial charge >= 0.3 is 0 Å². The number of nitrogens with one attached hydrogen (secondary N) is 6. The van der Waals surface area contributed by atoms with Crippen LogP contribution in [0.4, 0.5) is 14.6 Å². The molecule has 8 N–H and O–H groups in total. The van der Waals surface area contributed by atoms with Gasteiger partial charge in [0.2, 0.25) is 27.7 Å². The lowest BCUT2D eigenvalue weighted by Gasteiger charge is -2.39. The Labute approximate surface area is 442 Å². The van der Waals surface area contributed by atoms with Crippen LogP contribution < -0.4 is 36.6 Å². The Bertz CT molecular complexity index is 2880. The van der Waals surface area contributed by atoms with Crippen LogP contribution >= 0.6 is 11.6 Å². The lowest BCUT2D eigenvalue weighted by atomic mass is 9.83. The molecule has 8 rings (SSSR count). The highest BCUT2D eigenvalue weighted by Gasteiger charge is 2.39. The molecule has 2 aliphatic heterocycles. The van der Waals surface area contributed by atoms with E-state index in [0.29, 0.717) is 56.0 Å². The van der Waals surface area contributed by atoms with Gasteiger partial charge in [0.15, 0.2) is 0 Å².